The first-order chi connectivity index (χ1) is 8.26. The highest BCUT2D eigenvalue weighted by molar-refractivity contribution is 5.90. The monoisotopic (exact) mass is 270 g/mol. The largest absolute Gasteiger partial charge is 0.330 e. The summed E-state index contributed by atoms with van der Waals surface area (Å²) in [7, 11) is 0. The molecule has 0 aliphatic rings. The molecular weight excluding hydrogens is 248 g/mol. The van der Waals surface area contributed by atoms with Crippen LogP contribution in [0.2, 0.25) is 0 Å². The molecule has 0 bridgehead atoms. The average Bonchev–Trinajstić information content (AvgIpc) is 2.32. The van der Waals surface area contributed by atoms with E-state index in [1.54, 1.807) is 0 Å². The number of amides is 1. The number of carbonyl (C=O) groups is 1. The summed E-state index contributed by atoms with van der Waals surface area (Å²) in [5.74, 6) is -0.0220. The van der Waals surface area contributed by atoms with Crippen LogP contribution in [0.1, 0.15) is 38.2 Å². The molecule has 1 amide bonds. The molecule has 0 spiro atoms. The Morgan fingerprint density at radius 3 is 2.44 bits per heavy atom. The number of benzene rings is 1. The first-order valence-electron chi connectivity index (χ1n) is 6.35. The molecule has 0 radical (unpaired) electrons. The number of anilines is 1. The number of hydrogen-bond acceptors (Lipinski definition) is 2. The van der Waals surface area contributed by atoms with Crippen LogP contribution in [0.15, 0.2) is 24.3 Å². The molecule has 0 saturated carbocycles. The van der Waals surface area contributed by atoms with E-state index >= 15 is 0 Å². The molecule has 1 aromatic rings. The molecule has 0 fully saturated rings. The van der Waals surface area contributed by atoms with Gasteiger partial charge >= 0.3 is 0 Å². The number of halogens is 1. The van der Waals surface area contributed by atoms with Crippen molar-refractivity contribution in [2.45, 2.75) is 39.0 Å². The zero-order chi connectivity index (χ0) is 12.5. The standard InChI is InChI=1S/C14H22N2O.ClH/c1-2-3-4-5-12-6-8-13(9-7-12)16-14(17)10-11-15;/h6-9H,2-5,10-11,15H2,1H3,(H,16,17);1H. The number of aryl methyl sites for hydroxylation is 1. The SMILES string of the molecule is CCCCCc1ccc(NC(=O)CCN)cc1.Cl. The molecule has 3 N–H and O–H groups in total. The van der Waals surface area contributed by atoms with Crippen LogP contribution in [-0.4, -0.2) is 12.5 Å². The van der Waals surface area contributed by atoms with Crippen molar-refractivity contribution in [3.05, 3.63) is 29.8 Å². The molecule has 0 aromatic heterocycles. The van der Waals surface area contributed by atoms with Crippen molar-refractivity contribution in [2.75, 3.05) is 11.9 Å². The Balaban J connectivity index is 0.00000289. The molecule has 0 aliphatic heterocycles. The summed E-state index contributed by atoms with van der Waals surface area (Å²) in [4.78, 5) is 11.3. The smallest absolute Gasteiger partial charge is 0.225 e. The number of unbranched alkanes of at least 4 members (excludes halogenated alkanes) is 2. The fraction of sp³-hybridized carbons (Fsp3) is 0.500. The van der Waals surface area contributed by atoms with Crippen molar-refractivity contribution in [2.24, 2.45) is 5.73 Å². The number of hydrogen-bond donors (Lipinski definition) is 2. The molecule has 0 heterocycles. The summed E-state index contributed by atoms with van der Waals surface area (Å²) in [6.07, 6.45) is 5.24. The molecule has 102 valence electrons. The van der Waals surface area contributed by atoms with Gasteiger partial charge in [-0.05, 0) is 30.5 Å². The lowest BCUT2D eigenvalue weighted by molar-refractivity contribution is -0.116. The highest BCUT2D eigenvalue weighted by Gasteiger charge is 2.00. The molecular formula is C14H23ClN2O. The lowest BCUT2D eigenvalue weighted by Gasteiger charge is -2.05. The summed E-state index contributed by atoms with van der Waals surface area (Å²) >= 11 is 0. The van der Waals surface area contributed by atoms with E-state index in [0.29, 0.717) is 13.0 Å². The van der Waals surface area contributed by atoms with Crippen LogP contribution in [-0.2, 0) is 11.2 Å². The van der Waals surface area contributed by atoms with Gasteiger partial charge in [0, 0.05) is 18.7 Å². The number of nitrogens with one attached hydrogen (secondary N) is 1. The molecule has 18 heavy (non-hydrogen) atoms. The van der Waals surface area contributed by atoms with Crippen LogP contribution in [0.4, 0.5) is 5.69 Å². The van der Waals surface area contributed by atoms with Gasteiger partial charge in [-0.2, -0.15) is 0 Å². The van der Waals surface area contributed by atoms with Gasteiger partial charge in [-0.1, -0.05) is 31.9 Å². The van der Waals surface area contributed by atoms with E-state index in [0.717, 1.165) is 12.1 Å². The maximum Gasteiger partial charge on any atom is 0.225 e. The Hall–Kier alpha value is -1.06. The van der Waals surface area contributed by atoms with E-state index in [1.165, 1.54) is 24.8 Å². The van der Waals surface area contributed by atoms with Gasteiger partial charge in [-0.3, -0.25) is 4.79 Å². The summed E-state index contributed by atoms with van der Waals surface area (Å²) in [6, 6.07) is 8.06. The zero-order valence-electron chi connectivity index (χ0n) is 10.9. The van der Waals surface area contributed by atoms with E-state index in [1.807, 2.05) is 12.1 Å². The normalized spacial score (nSPS) is 9.67. The number of nitrogens with two attached hydrogens (primary N) is 1. The summed E-state index contributed by atoms with van der Waals surface area (Å²) in [5.41, 5.74) is 7.49. The van der Waals surface area contributed by atoms with Crippen LogP contribution in [0.3, 0.4) is 0 Å². The van der Waals surface area contributed by atoms with Gasteiger partial charge in [0.05, 0.1) is 0 Å². The van der Waals surface area contributed by atoms with Gasteiger partial charge in [0.2, 0.25) is 5.91 Å². The minimum Gasteiger partial charge on any atom is -0.330 e. The minimum atomic E-state index is -0.0220. The van der Waals surface area contributed by atoms with Crippen molar-refractivity contribution >= 4 is 24.0 Å². The second kappa shape index (κ2) is 9.92. The van der Waals surface area contributed by atoms with Gasteiger partial charge in [-0.25, -0.2) is 0 Å². The Kier molecular flexibility index (Phi) is 9.33. The van der Waals surface area contributed by atoms with Crippen LogP contribution in [0.25, 0.3) is 0 Å². The highest BCUT2D eigenvalue weighted by Crippen LogP contribution is 2.12. The third-order valence-electron chi connectivity index (χ3n) is 2.68. The van der Waals surface area contributed by atoms with Crippen molar-refractivity contribution in [1.82, 2.24) is 0 Å². The second-order valence-electron chi connectivity index (χ2n) is 4.24. The van der Waals surface area contributed by atoms with Crippen LogP contribution >= 0.6 is 12.4 Å². The van der Waals surface area contributed by atoms with E-state index in [2.05, 4.69) is 24.4 Å². The second-order valence-corrected chi connectivity index (χ2v) is 4.24. The van der Waals surface area contributed by atoms with Gasteiger partial charge in [-0.15, -0.1) is 12.4 Å². The third kappa shape index (κ3) is 6.62. The van der Waals surface area contributed by atoms with Gasteiger partial charge in [0.15, 0.2) is 0 Å². The highest BCUT2D eigenvalue weighted by atomic mass is 35.5. The summed E-state index contributed by atoms with van der Waals surface area (Å²) in [5, 5.41) is 2.82. The molecule has 1 rings (SSSR count). The van der Waals surface area contributed by atoms with E-state index < -0.39 is 0 Å². The van der Waals surface area contributed by atoms with Crippen molar-refractivity contribution in [3.8, 4) is 0 Å². The fourth-order valence-electron chi connectivity index (χ4n) is 1.69. The summed E-state index contributed by atoms with van der Waals surface area (Å²) < 4.78 is 0. The predicted octanol–water partition coefficient (Wildman–Crippen LogP) is 3.13. The Morgan fingerprint density at radius 1 is 1.22 bits per heavy atom. The molecule has 3 nitrogen and oxygen atoms in total. The predicted molar refractivity (Wildman–Crippen MR) is 79.2 cm³/mol. The van der Waals surface area contributed by atoms with Gasteiger partial charge in [0.25, 0.3) is 0 Å². The van der Waals surface area contributed by atoms with Gasteiger partial charge in [0.1, 0.15) is 0 Å². The number of rotatable bonds is 7. The molecule has 0 aliphatic carbocycles. The van der Waals surface area contributed by atoms with E-state index in [4.69, 9.17) is 5.73 Å². The molecule has 0 unspecified atom stereocenters. The van der Waals surface area contributed by atoms with Crippen LogP contribution in [0.5, 0.6) is 0 Å². The van der Waals surface area contributed by atoms with Crippen molar-refractivity contribution in [1.29, 1.82) is 0 Å². The molecule has 1 aromatic carbocycles. The molecule has 4 heteroatoms. The molecule has 0 atom stereocenters. The first kappa shape index (κ1) is 16.9. The van der Waals surface area contributed by atoms with Crippen molar-refractivity contribution in [3.63, 3.8) is 0 Å². The average molecular weight is 271 g/mol. The minimum absolute atomic E-state index is 0. The first-order valence-corrected chi connectivity index (χ1v) is 6.35. The van der Waals surface area contributed by atoms with Crippen LogP contribution < -0.4 is 11.1 Å². The fourth-order valence-corrected chi connectivity index (χ4v) is 1.69. The maximum absolute atomic E-state index is 11.3. The Labute approximate surface area is 116 Å². The van der Waals surface area contributed by atoms with Crippen LogP contribution in [0, 0.1) is 0 Å². The lowest BCUT2D eigenvalue weighted by atomic mass is 10.1. The lowest BCUT2D eigenvalue weighted by Crippen LogP contribution is -2.16. The van der Waals surface area contributed by atoms with E-state index in [-0.39, 0.29) is 18.3 Å². The quantitative estimate of drug-likeness (QED) is 0.748. The van der Waals surface area contributed by atoms with Gasteiger partial charge < -0.3 is 11.1 Å². The van der Waals surface area contributed by atoms with E-state index in [9.17, 15) is 4.79 Å². The Morgan fingerprint density at radius 2 is 1.89 bits per heavy atom. The van der Waals surface area contributed by atoms with Crippen molar-refractivity contribution < 1.29 is 4.79 Å². The topological polar surface area (TPSA) is 55.1 Å². The number of carbonyl (C=O) groups excluding carboxylic acids is 1. The maximum atomic E-state index is 11.3. The summed E-state index contributed by atoms with van der Waals surface area (Å²) in [6.45, 7) is 2.59. The Bertz CT molecular complexity index is 338. The zero-order valence-corrected chi connectivity index (χ0v) is 11.8. The molecule has 0 saturated heterocycles. The third-order valence-corrected chi connectivity index (χ3v) is 2.68.